The summed E-state index contributed by atoms with van der Waals surface area (Å²) in [4.78, 5) is 33.8. The van der Waals surface area contributed by atoms with Crippen LogP contribution in [0, 0.1) is 6.92 Å². The van der Waals surface area contributed by atoms with E-state index in [-0.39, 0.29) is 17.9 Å². The molecule has 1 heterocycles. The van der Waals surface area contributed by atoms with Crippen molar-refractivity contribution in [3.63, 3.8) is 0 Å². The Balaban J connectivity index is 1.55. The van der Waals surface area contributed by atoms with Crippen LogP contribution in [0.4, 0.5) is 5.82 Å². The molecule has 0 saturated carbocycles. The Morgan fingerprint density at radius 3 is 2.54 bits per heavy atom. The summed E-state index contributed by atoms with van der Waals surface area (Å²) in [5, 5.41) is 5.91. The van der Waals surface area contributed by atoms with Crippen LogP contribution in [0.2, 0.25) is 0 Å². The van der Waals surface area contributed by atoms with Gasteiger partial charge in [0, 0.05) is 42.5 Å². The Hall–Kier alpha value is -4.26. The van der Waals surface area contributed by atoms with Crippen LogP contribution in [0.25, 0.3) is 0 Å². The maximum absolute atomic E-state index is 12.8. The Bertz CT molecular complexity index is 1170. The van der Waals surface area contributed by atoms with E-state index < -0.39 is 0 Å². The quantitative estimate of drug-likeness (QED) is 0.311. The first kappa shape index (κ1) is 25.4. The minimum Gasteiger partial charge on any atom is -0.496 e. The number of nitrogens with zero attached hydrogens (tertiary/aromatic N) is 2. The first-order chi connectivity index (χ1) is 17.0. The fraction of sp³-hybridized carbons (Fsp3) is 0.214. The van der Waals surface area contributed by atoms with Crippen molar-refractivity contribution in [2.24, 2.45) is 4.99 Å². The van der Waals surface area contributed by atoms with Crippen LogP contribution in [0.1, 0.15) is 44.7 Å². The van der Waals surface area contributed by atoms with Crippen molar-refractivity contribution < 1.29 is 14.3 Å². The van der Waals surface area contributed by atoms with Gasteiger partial charge < -0.3 is 15.4 Å². The Morgan fingerprint density at radius 2 is 1.86 bits per heavy atom. The summed E-state index contributed by atoms with van der Waals surface area (Å²) in [6, 6.07) is 18.3. The molecule has 2 aromatic carbocycles. The van der Waals surface area contributed by atoms with Gasteiger partial charge in [-0.25, -0.2) is 9.98 Å². The molecule has 0 radical (unpaired) electrons. The predicted molar refractivity (Wildman–Crippen MR) is 138 cm³/mol. The third-order valence-electron chi connectivity index (χ3n) is 5.45. The predicted octanol–water partition coefficient (Wildman–Crippen LogP) is 4.80. The molecule has 7 heteroatoms. The Morgan fingerprint density at radius 1 is 1.06 bits per heavy atom. The van der Waals surface area contributed by atoms with E-state index in [1.54, 1.807) is 43.7 Å². The van der Waals surface area contributed by atoms with E-state index in [1.807, 2.05) is 43.3 Å². The zero-order valence-electron chi connectivity index (χ0n) is 20.0. The maximum atomic E-state index is 12.8. The van der Waals surface area contributed by atoms with Crippen LogP contribution in [-0.4, -0.2) is 36.2 Å². The number of carbonyl (C=O) groups is 2. The van der Waals surface area contributed by atoms with Crippen molar-refractivity contribution in [3.8, 4) is 5.75 Å². The van der Waals surface area contributed by atoms with E-state index in [9.17, 15) is 9.59 Å². The molecule has 1 unspecified atom stereocenters. The summed E-state index contributed by atoms with van der Waals surface area (Å²) < 4.78 is 5.31. The lowest BCUT2D eigenvalue weighted by molar-refractivity contribution is 0.0933. The van der Waals surface area contributed by atoms with Crippen molar-refractivity contribution in [1.82, 2.24) is 15.6 Å². The van der Waals surface area contributed by atoms with Gasteiger partial charge in [0.1, 0.15) is 5.75 Å². The molecule has 35 heavy (non-hydrogen) atoms. The first-order valence-electron chi connectivity index (χ1n) is 11.4. The number of ether oxygens (including phenoxy) is 1. The zero-order chi connectivity index (χ0) is 25.0. The van der Waals surface area contributed by atoms with E-state index in [0.717, 1.165) is 11.1 Å². The molecule has 0 aliphatic carbocycles. The van der Waals surface area contributed by atoms with Gasteiger partial charge in [-0.3, -0.25) is 9.59 Å². The second-order valence-corrected chi connectivity index (χ2v) is 7.95. The molecule has 0 aliphatic rings. The van der Waals surface area contributed by atoms with E-state index >= 15 is 0 Å². The standard InChI is InChI=1S/C28H30N4O3/c1-4-9-23(32-28(34)24-12-8-13-25(35-3)20(24)2)16-17-29-26-15-14-22(19-30-26)27(33)31-18-21-10-6-5-7-11-21/h4-8,10-15,17,19,23H,1,9,16,18H2,2-3H3,(H,31,33)(H,32,34). The molecule has 2 amide bonds. The van der Waals surface area contributed by atoms with Crippen LogP contribution < -0.4 is 15.4 Å². The molecule has 1 aromatic heterocycles. The normalized spacial score (nSPS) is 11.6. The number of aromatic nitrogens is 1. The molecule has 3 rings (SSSR count). The number of methoxy groups -OCH3 is 1. The molecule has 0 spiro atoms. The van der Waals surface area contributed by atoms with Gasteiger partial charge in [0.25, 0.3) is 11.8 Å². The zero-order valence-corrected chi connectivity index (χ0v) is 20.0. The van der Waals surface area contributed by atoms with Gasteiger partial charge in [-0.05, 0) is 43.2 Å². The number of benzene rings is 2. The fourth-order valence-corrected chi connectivity index (χ4v) is 3.51. The lowest BCUT2D eigenvalue weighted by atomic mass is 10.1. The molecule has 0 aliphatic heterocycles. The minimum absolute atomic E-state index is 0.169. The van der Waals surface area contributed by atoms with E-state index in [4.69, 9.17) is 4.74 Å². The smallest absolute Gasteiger partial charge is 0.253 e. The molecular formula is C28H30N4O3. The highest BCUT2D eigenvalue weighted by atomic mass is 16.5. The number of aliphatic imine (C=N–C) groups is 1. The average molecular weight is 471 g/mol. The monoisotopic (exact) mass is 470 g/mol. The molecule has 7 nitrogen and oxygen atoms in total. The second-order valence-electron chi connectivity index (χ2n) is 7.95. The summed E-state index contributed by atoms with van der Waals surface area (Å²) in [7, 11) is 1.58. The summed E-state index contributed by atoms with van der Waals surface area (Å²) in [6.45, 7) is 6.09. The lowest BCUT2D eigenvalue weighted by Gasteiger charge is -2.17. The summed E-state index contributed by atoms with van der Waals surface area (Å²) in [5.74, 6) is 0.781. The van der Waals surface area contributed by atoms with Gasteiger partial charge in [0.2, 0.25) is 0 Å². The maximum Gasteiger partial charge on any atom is 0.253 e. The number of carbonyl (C=O) groups excluding carboxylic acids is 2. The topological polar surface area (TPSA) is 92.7 Å². The molecule has 1 atom stereocenters. The molecule has 0 bridgehead atoms. The fourth-order valence-electron chi connectivity index (χ4n) is 3.51. The highest BCUT2D eigenvalue weighted by Crippen LogP contribution is 2.21. The molecular weight excluding hydrogens is 440 g/mol. The summed E-state index contributed by atoms with van der Waals surface area (Å²) >= 11 is 0. The van der Waals surface area contributed by atoms with Crippen LogP contribution in [0.5, 0.6) is 5.75 Å². The van der Waals surface area contributed by atoms with E-state index in [0.29, 0.717) is 42.1 Å². The number of hydrogen-bond donors (Lipinski definition) is 2. The number of rotatable bonds is 11. The molecule has 180 valence electrons. The van der Waals surface area contributed by atoms with Gasteiger partial charge in [-0.1, -0.05) is 42.5 Å². The molecule has 2 N–H and O–H groups in total. The highest BCUT2D eigenvalue weighted by molar-refractivity contribution is 5.96. The van der Waals surface area contributed by atoms with Gasteiger partial charge in [0.05, 0.1) is 12.7 Å². The molecule has 3 aromatic rings. The van der Waals surface area contributed by atoms with Crippen LogP contribution in [-0.2, 0) is 6.54 Å². The lowest BCUT2D eigenvalue weighted by Crippen LogP contribution is -2.35. The van der Waals surface area contributed by atoms with Gasteiger partial charge in [-0.15, -0.1) is 6.58 Å². The van der Waals surface area contributed by atoms with Crippen molar-refractivity contribution in [2.45, 2.75) is 32.4 Å². The molecule has 0 saturated heterocycles. The van der Waals surface area contributed by atoms with Crippen molar-refractivity contribution in [3.05, 3.63) is 102 Å². The van der Waals surface area contributed by atoms with Crippen LogP contribution >= 0.6 is 0 Å². The minimum atomic E-state index is -0.196. The second kappa shape index (κ2) is 12.8. The third-order valence-corrected chi connectivity index (χ3v) is 5.45. The van der Waals surface area contributed by atoms with Crippen LogP contribution in [0.15, 0.2) is 84.5 Å². The number of nitrogens with one attached hydrogen (secondary N) is 2. The number of hydrogen-bond acceptors (Lipinski definition) is 5. The van der Waals surface area contributed by atoms with Gasteiger partial charge >= 0.3 is 0 Å². The first-order valence-corrected chi connectivity index (χ1v) is 11.4. The largest absolute Gasteiger partial charge is 0.496 e. The van der Waals surface area contributed by atoms with Crippen molar-refractivity contribution >= 4 is 23.8 Å². The van der Waals surface area contributed by atoms with Crippen molar-refractivity contribution in [1.29, 1.82) is 0 Å². The average Bonchev–Trinajstić information content (AvgIpc) is 2.88. The SMILES string of the molecule is C=CCC(CC=Nc1ccc(C(=O)NCc2ccccc2)cn1)NC(=O)c1cccc(OC)c1C. The Labute approximate surface area is 206 Å². The van der Waals surface area contributed by atoms with Gasteiger partial charge in [-0.2, -0.15) is 0 Å². The third kappa shape index (κ3) is 7.37. The van der Waals surface area contributed by atoms with E-state index in [2.05, 4.69) is 27.2 Å². The highest BCUT2D eigenvalue weighted by Gasteiger charge is 2.16. The number of pyridine rings is 1. The Kier molecular flexibility index (Phi) is 9.31. The summed E-state index contributed by atoms with van der Waals surface area (Å²) in [5.41, 5.74) is 2.84. The van der Waals surface area contributed by atoms with Crippen molar-refractivity contribution in [2.75, 3.05) is 7.11 Å². The van der Waals surface area contributed by atoms with Gasteiger partial charge in [0.15, 0.2) is 5.82 Å². The van der Waals surface area contributed by atoms with E-state index in [1.165, 1.54) is 6.20 Å². The molecule has 0 fully saturated rings. The van der Waals surface area contributed by atoms with Crippen LogP contribution in [0.3, 0.4) is 0 Å². The summed E-state index contributed by atoms with van der Waals surface area (Å²) in [6.07, 6.45) is 6.07. The number of amides is 2.